The molecule has 1 atom stereocenters. The number of carboxylic acids is 1. The van der Waals surface area contributed by atoms with Gasteiger partial charge >= 0.3 is 5.97 Å². The molecule has 1 heterocycles. The second kappa shape index (κ2) is 4.15. The summed E-state index contributed by atoms with van der Waals surface area (Å²) in [5, 5.41) is 16.3. The average molecular weight is 240 g/mol. The second-order valence-electron chi connectivity index (χ2n) is 4.86. The first kappa shape index (κ1) is 13.1. The Balaban J connectivity index is 3.43. The van der Waals surface area contributed by atoms with Crippen LogP contribution in [0.1, 0.15) is 49.9 Å². The maximum absolute atomic E-state index is 11.1. The highest BCUT2D eigenvalue weighted by molar-refractivity contribution is 5.87. The van der Waals surface area contributed by atoms with Crippen LogP contribution in [0.15, 0.2) is 0 Å². The van der Waals surface area contributed by atoms with E-state index in [0.717, 1.165) is 0 Å². The molecule has 1 unspecified atom stereocenters. The van der Waals surface area contributed by atoms with E-state index in [4.69, 9.17) is 10.8 Å². The lowest BCUT2D eigenvalue weighted by atomic mass is 9.90. The van der Waals surface area contributed by atoms with E-state index in [2.05, 4.69) is 10.3 Å². The zero-order valence-corrected chi connectivity index (χ0v) is 10.3. The Morgan fingerprint density at radius 1 is 1.41 bits per heavy atom. The minimum Gasteiger partial charge on any atom is -0.476 e. The minimum atomic E-state index is -1.17. The van der Waals surface area contributed by atoms with E-state index >= 15 is 0 Å². The Labute approximate surface area is 98.6 Å². The van der Waals surface area contributed by atoms with Crippen molar-refractivity contribution in [3.63, 3.8) is 0 Å². The van der Waals surface area contributed by atoms with E-state index in [1.165, 1.54) is 4.68 Å². The average Bonchev–Trinajstić information content (AvgIpc) is 2.59. The smallest absolute Gasteiger partial charge is 0.358 e. The molecule has 1 amide bonds. The van der Waals surface area contributed by atoms with Gasteiger partial charge in [0, 0.05) is 5.41 Å². The zero-order chi connectivity index (χ0) is 13.4. The molecule has 0 fully saturated rings. The zero-order valence-electron chi connectivity index (χ0n) is 10.3. The number of aromatic carboxylic acids is 1. The van der Waals surface area contributed by atoms with Crippen molar-refractivity contribution in [1.82, 2.24) is 15.0 Å². The van der Waals surface area contributed by atoms with E-state index in [1.807, 2.05) is 20.8 Å². The molecule has 0 saturated carbocycles. The quantitative estimate of drug-likeness (QED) is 0.790. The fraction of sp³-hybridized carbons (Fsp3) is 0.600. The number of carboxylic acid groups (broad SMARTS) is 1. The summed E-state index contributed by atoms with van der Waals surface area (Å²) in [7, 11) is 0. The van der Waals surface area contributed by atoms with Crippen molar-refractivity contribution in [3.05, 3.63) is 11.4 Å². The second-order valence-corrected chi connectivity index (χ2v) is 4.86. The van der Waals surface area contributed by atoms with Crippen LogP contribution in [0.3, 0.4) is 0 Å². The van der Waals surface area contributed by atoms with Crippen LogP contribution in [0, 0.1) is 0 Å². The molecule has 7 nitrogen and oxygen atoms in total. The Kier molecular flexibility index (Phi) is 3.21. The SMILES string of the molecule is CC(C(N)=O)n1nnc(C(=O)O)c1C(C)(C)C. The summed E-state index contributed by atoms with van der Waals surface area (Å²) in [5.74, 6) is -1.75. The van der Waals surface area contributed by atoms with E-state index < -0.39 is 23.3 Å². The van der Waals surface area contributed by atoms with Gasteiger partial charge in [-0.05, 0) is 6.92 Å². The van der Waals surface area contributed by atoms with E-state index in [0.29, 0.717) is 5.69 Å². The molecule has 7 heteroatoms. The van der Waals surface area contributed by atoms with Crippen molar-refractivity contribution in [2.75, 3.05) is 0 Å². The molecule has 0 spiro atoms. The third-order valence-electron chi connectivity index (χ3n) is 2.39. The first-order valence-electron chi connectivity index (χ1n) is 5.14. The monoisotopic (exact) mass is 240 g/mol. The third kappa shape index (κ3) is 2.43. The molecule has 1 aromatic heterocycles. The summed E-state index contributed by atoms with van der Waals surface area (Å²) < 4.78 is 1.27. The molecule has 0 aliphatic carbocycles. The number of hydrogen-bond donors (Lipinski definition) is 2. The van der Waals surface area contributed by atoms with Gasteiger partial charge in [0.15, 0.2) is 5.69 Å². The lowest BCUT2D eigenvalue weighted by molar-refractivity contribution is -0.121. The maximum Gasteiger partial charge on any atom is 0.358 e. The molecular formula is C10H16N4O3. The van der Waals surface area contributed by atoms with Gasteiger partial charge in [-0.1, -0.05) is 26.0 Å². The van der Waals surface area contributed by atoms with Crippen LogP contribution >= 0.6 is 0 Å². The van der Waals surface area contributed by atoms with Gasteiger partial charge < -0.3 is 10.8 Å². The molecule has 0 aliphatic rings. The van der Waals surface area contributed by atoms with Crippen LogP contribution in [0.5, 0.6) is 0 Å². The minimum absolute atomic E-state index is 0.148. The van der Waals surface area contributed by atoms with Crippen molar-refractivity contribution in [3.8, 4) is 0 Å². The van der Waals surface area contributed by atoms with Gasteiger partial charge in [0.1, 0.15) is 6.04 Å². The maximum atomic E-state index is 11.1. The number of aromatic nitrogens is 3. The third-order valence-corrected chi connectivity index (χ3v) is 2.39. The Hall–Kier alpha value is -1.92. The highest BCUT2D eigenvalue weighted by Gasteiger charge is 2.31. The van der Waals surface area contributed by atoms with Gasteiger partial charge in [-0.25, -0.2) is 9.48 Å². The Morgan fingerprint density at radius 3 is 2.29 bits per heavy atom. The summed E-state index contributed by atoms with van der Waals surface area (Å²) in [5.41, 5.74) is 4.93. The Bertz CT molecular complexity index is 459. The van der Waals surface area contributed by atoms with Crippen LogP contribution in [-0.2, 0) is 10.2 Å². The Morgan fingerprint density at radius 2 is 1.94 bits per heavy atom. The molecule has 0 radical (unpaired) electrons. The molecule has 0 saturated heterocycles. The fourth-order valence-corrected chi connectivity index (χ4v) is 1.53. The van der Waals surface area contributed by atoms with E-state index in [-0.39, 0.29) is 5.69 Å². The van der Waals surface area contributed by atoms with Crippen LogP contribution in [0.4, 0.5) is 0 Å². The molecule has 0 aromatic carbocycles. The number of nitrogens with two attached hydrogens (primary N) is 1. The van der Waals surface area contributed by atoms with Crippen LogP contribution in [0.25, 0.3) is 0 Å². The topological polar surface area (TPSA) is 111 Å². The van der Waals surface area contributed by atoms with Gasteiger partial charge in [-0.15, -0.1) is 5.10 Å². The van der Waals surface area contributed by atoms with Crippen molar-refractivity contribution in [1.29, 1.82) is 0 Å². The molecular weight excluding hydrogens is 224 g/mol. The predicted molar refractivity (Wildman–Crippen MR) is 59.6 cm³/mol. The summed E-state index contributed by atoms with van der Waals surface area (Å²) in [6, 6.07) is -0.732. The standard InChI is InChI=1S/C10H16N4O3/c1-5(8(11)15)14-7(10(2,3)4)6(9(16)17)12-13-14/h5H,1-4H3,(H2,11,15)(H,16,17). The molecule has 3 N–H and O–H groups in total. The van der Waals surface area contributed by atoms with Gasteiger partial charge in [-0.2, -0.15) is 0 Å². The van der Waals surface area contributed by atoms with Gasteiger partial charge in [0.05, 0.1) is 5.69 Å². The van der Waals surface area contributed by atoms with Gasteiger partial charge in [-0.3, -0.25) is 4.79 Å². The lowest BCUT2D eigenvalue weighted by Gasteiger charge is -2.22. The molecule has 0 aliphatic heterocycles. The number of carbonyl (C=O) groups excluding carboxylic acids is 1. The number of amides is 1. The molecule has 1 aromatic rings. The lowest BCUT2D eigenvalue weighted by Crippen LogP contribution is -2.30. The first-order valence-corrected chi connectivity index (χ1v) is 5.14. The molecule has 17 heavy (non-hydrogen) atoms. The van der Waals surface area contributed by atoms with E-state index in [1.54, 1.807) is 6.92 Å². The molecule has 94 valence electrons. The van der Waals surface area contributed by atoms with Crippen molar-refractivity contribution < 1.29 is 14.7 Å². The number of hydrogen-bond acceptors (Lipinski definition) is 4. The molecule has 1 rings (SSSR count). The first-order chi connectivity index (χ1) is 7.66. The van der Waals surface area contributed by atoms with Crippen molar-refractivity contribution in [2.45, 2.75) is 39.2 Å². The van der Waals surface area contributed by atoms with E-state index in [9.17, 15) is 9.59 Å². The van der Waals surface area contributed by atoms with Crippen LogP contribution < -0.4 is 5.73 Å². The van der Waals surface area contributed by atoms with Gasteiger partial charge in [0.25, 0.3) is 0 Å². The normalized spacial score (nSPS) is 13.4. The van der Waals surface area contributed by atoms with Gasteiger partial charge in [0.2, 0.25) is 5.91 Å². The highest BCUT2D eigenvalue weighted by atomic mass is 16.4. The summed E-state index contributed by atoms with van der Waals surface area (Å²) in [4.78, 5) is 22.2. The van der Waals surface area contributed by atoms with Crippen molar-refractivity contribution >= 4 is 11.9 Å². The highest BCUT2D eigenvalue weighted by Crippen LogP contribution is 2.26. The van der Waals surface area contributed by atoms with Crippen LogP contribution in [-0.4, -0.2) is 32.0 Å². The summed E-state index contributed by atoms with van der Waals surface area (Å²) in [6.07, 6.45) is 0. The predicted octanol–water partition coefficient (Wildman–Crippen LogP) is 0.320. The fourth-order valence-electron chi connectivity index (χ4n) is 1.53. The number of nitrogens with zero attached hydrogens (tertiary/aromatic N) is 3. The number of primary amides is 1. The summed E-state index contributed by atoms with van der Waals surface area (Å²) >= 11 is 0. The van der Waals surface area contributed by atoms with Crippen LogP contribution in [0.2, 0.25) is 0 Å². The largest absolute Gasteiger partial charge is 0.476 e. The summed E-state index contributed by atoms with van der Waals surface area (Å²) in [6.45, 7) is 7.02. The number of carbonyl (C=O) groups is 2. The van der Waals surface area contributed by atoms with Crippen molar-refractivity contribution in [2.24, 2.45) is 5.73 Å². The molecule has 0 bridgehead atoms. The number of rotatable bonds is 3.